The van der Waals surface area contributed by atoms with Crippen LogP contribution in [0, 0.1) is 0 Å². The van der Waals surface area contributed by atoms with Gasteiger partial charge in [0.05, 0.1) is 0 Å². The average Bonchev–Trinajstić information content (AvgIpc) is 2.38. The lowest BCUT2D eigenvalue weighted by Gasteiger charge is -2.35. The fourth-order valence-electron chi connectivity index (χ4n) is 2.40. The Morgan fingerprint density at radius 2 is 2.00 bits per heavy atom. The van der Waals surface area contributed by atoms with E-state index in [0.29, 0.717) is 0 Å². The van der Waals surface area contributed by atoms with Gasteiger partial charge in [-0.25, -0.2) is 0 Å². The van der Waals surface area contributed by atoms with Crippen LogP contribution in [0.3, 0.4) is 0 Å². The Balaban J connectivity index is 2.18. The van der Waals surface area contributed by atoms with Crippen molar-refractivity contribution in [1.82, 2.24) is 10.2 Å². The lowest BCUT2D eigenvalue weighted by molar-refractivity contribution is 0.141. The number of hydrogen-bond acceptors (Lipinski definition) is 3. The zero-order chi connectivity index (χ0) is 12.1. The highest BCUT2D eigenvalue weighted by atomic mass is 35.5. The minimum Gasteiger partial charge on any atom is -0.396 e. The second kappa shape index (κ2) is 6.36. The molecule has 1 aromatic rings. The van der Waals surface area contributed by atoms with Gasteiger partial charge in [0, 0.05) is 43.9 Å². The molecule has 0 saturated carbocycles. The van der Waals surface area contributed by atoms with Gasteiger partial charge < -0.3 is 10.4 Å². The number of nitrogens with zero attached hydrogens (tertiary/aromatic N) is 1. The quantitative estimate of drug-likeness (QED) is 0.858. The molecule has 2 N–H and O–H groups in total. The molecule has 1 aliphatic heterocycles. The van der Waals surface area contributed by atoms with E-state index in [-0.39, 0.29) is 12.6 Å². The SMILES string of the molecule is OCC[C@@H](c1ccccc1Cl)N1CCNCC1. The molecule has 4 heteroatoms. The standard InChI is InChI=1S/C13H19ClN2O/c14-12-4-2-1-3-11(12)13(5-10-17)16-8-6-15-7-9-16/h1-4,13,15,17H,5-10H2/t13-/m0/s1. The van der Waals surface area contributed by atoms with Crippen molar-refractivity contribution in [3.05, 3.63) is 34.9 Å². The smallest absolute Gasteiger partial charge is 0.0453 e. The Kier molecular flexibility index (Phi) is 4.80. The molecule has 0 bridgehead atoms. The van der Waals surface area contributed by atoms with Gasteiger partial charge in [-0.2, -0.15) is 0 Å². The van der Waals surface area contributed by atoms with Crippen LogP contribution in [0.1, 0.15) is 18.0 Å². The van der Waals surface area contributed by atoms with Crippen LogP contribution in [0.25, 0.3) is 0 Å². The first kappa shape index (κ1) is 12.8. The topological polar surface area (TPSA) is 35.5 Å². The Bertz CT molecular complexity index is 353. The zero-order valence-corrected chi connectivity index (χ0v) is 10.7. The number of nitrogens with one attached hydrogen (secondary N) is 1. The monoisotopic (exact) mass is 254 g/mol. The maximum atomic E-state index is 9.23. The number of halogens is 1. The number of rotatable bonds is 4. The molecular weight excluding hydrogens is 236 g/mol. The first-order valence-corrected chi connectivity index (χ1v) is 6.51. The molecular formula is C13H19ClN2O. The van der Waals surface area contributed by atoms with Gasteiger partial charge in [0.2, 0.25) is 0 Å². The molecule has 0 spiro atoms. The summed E-state index contributed by atoms with van der Waals surface area (Å²) < 4.78 is 0. The molecule has 3 nitrogen and oxygen atoms in total. The second-order valence-corrected chi connectivity index (χ2v) is 4.74. The molecule has 1 saturated heterocycles. The first-order valence-electron chi connectivity index (χ1n) is 6.13. The normalized spacial score (nSPS) is 19.2. The molecule has 1 atom stereocenters. The first-order chi connectivity index (χ1) is 8.33. The summed E-state index contributed by atoms with van der Waals surface area (Å²) in [6.07, 6.45) is 0.740. The molecule has 0 radical (unpaired) electrons. The largest absolute Gasteiger partial charge is 0.396 e. The van der Waals surface area contributed by atoms with E-state index in [1.54, 1.807) is 0 Å². The van der Waals surface area contributed by atoms with E-state index in [4.69, 9.17) is 11.6 Å². The molecule has 1 aliphatic rings. The van der Waals surface area contributed by atoms with Crippen LogP contribution in [0.15, 0.2) is 24.3 Å². The molecule has 17 heavy (non-hydrogen) atoms. The van der Waals surface area contributed by atoms with Crippen molar-refractivity contribution in [2.45, 2.75) is 12.5 Å². The summed E-state index contributed by atoms with van der Waals surface area (Å²) in [4.78, 5) is 2.40. The Hall–Kier alpha value is -0.610. The molecule has 1 heterocycles. The highest BCUT2D eigenvalue weighted by molar-refractivity contribution is 6.31. The average molecular weight is 255 g/mol. The van der Waals surface area contributed by atoms with Gasteiger partial charge in [0.25, 0.3) is 0 Å². The summed E-state index contributed by atoms with van der Waals surface area (Å²) in [5.41, 5.74) is 1.13. The van der Waals surface area contributed by atoms with Crippen LogP contribution in [-0.4, -0.2) is 42.8 Å². The number of aliphatic hydroxyl groups excluding tert-OH is 1. The van der Waals surface area contributed by atoms with Crippen LogP contribution < -0.4 is 5.32 Å². The molecule has 0 aromatic heterocycles. The molecule has 1 fully saturated rings. The van der Waals surface area contributed by atoms with Crippen LogP contribution in [0.5, 0.6) is 0 Å². The van der Waals surface area contributed by atoms with E-state index in [2.05, 4.69) is 16.3 Å². The van der Waals surface area contributed by atoms with Crippen LogP contribution in [-0.2, 0) is 0 Å². The highest BCUT2D eigenvalue weighted by Crippen LogP contribution is 2.29. The summed E-state index contributed by atoms with van der Waals surface area (Å²) in [6.45, 7) is 4.23. The third-order valence-corrected chi connectivity index (χ3v) is 3.60. The zero-order valence-electron chi connectivity index (χ0n) is 9.90. The second-order valence-electron chi connectivity index (χ2n) is 4.34. The maximum absolute atomic E-state index is 9.23. The van der Waals surface area contributed by atoms with Crippen molar-refractivity contribution in [3.63, 3.8) is 0 Å². The minimum atomic E-state index is 0.194. The third kappa shape index (κ3) is 3.19. The van der Waals surface area contributed by atoms with E-state index in [1.165, 1.54) is 0 Å². The number of piperazine rings is 1. The van der Waals surface area contributed by atoms with Gasteiger partial charge in [0.1, 0.15) is 0 Å². The Labute approximate surface area is 107 Å². The molecule has 2 rings (SSSR count). The molecule has 0 amide bonds. The van der Waals surface area contributed by atoms with Gasteiger partial charge in [-0.15, -0.1) is 0 Å². The summed E-state index contributed by atoms with van der Waals surface area (Å²) in [7, 11) is 0. The van der Waals surface area contributed by atoms with Crippen LogP contribution in [0.2, 0.25) is 5.02 Å². The number of benzene rings is 1. The van der Waals surface area contributed by atoms with E-state index >= 15 is 0 Å². The maximum Gasteiger partial charge on any atom is 0.0453 e. The van der Waals surface area contributed by atoms with E-state index in [9.17, 15) is 5.11 Å². The van der Waals surface area contributed by atoms with Crippen molar-refractivity contribution in [2.75, 3.05) is 32.8 Å². The molecule has 0 aliphatic carbocycles. The van der Waals surface area contributed by atoms with Crippen molar-refractivity contribution in [3.8, 4) is 0 Å². The fourth-order valence-corrected chi connectivity index (χ4v) is 2.66. The predicted molar refractivity (Wildman–Crippen MR) is 70.3 cm³/mol. The van der Waals surface area contributed by atoms with Crippen molar-refractivity contribution < 1.29 is 5.11 Å². The summed E-state index contributed by atoms with van der Waals surface area (Å²) in [5.74, 6) is 0. The number of hydrogen-bond donors (Lipinski definition) is 2. The third-order valence-electron chi connectivity index (χ3n) is 3.26. The fraction of sp³-hybridized carbons (Fsp3) is 0.538. The summed E-state index contributed by atoms with van der Waals surface area (Å²) in [5, 5.41) is 13.4. The van der Waals surface area contributed by atoms with E-state index < -0.39 is 0 Å². The highest BCUT2D eigenvalue weighted by Gasteiger charge is 2.23. The van der Waals surface area contributed by atoms with Gasteiger partial charge in [-0.3, -0.25) is 4.90 Å². The van der Waals surface area contributed by atoms with Gasteiger partial charge in [0.15, 0.2) is 0 Å². The Morgan fingerprint density at radius 3 is 2.65 bits per heavy atom. The Morgan fingerprint density at radius 1 is 1.29 bits per heavy atom. The van der Waals surface area contributed by atoms with Gasteiger partial charge in [-0.1, -0.05) is 29.8 Å². The lowest BCUT2D eigenvalue weighted by atomic mass is 10.0. The van der Waals surface area contributed by atoms with Crippen molar-refractivity contribution in [2.24, 2.45) is 0 Å². The van der Waals surface area contributed by atoms with Crippen molar-refractivity contribution in [1.29, 1.82) is 0 Å². The lowest BCUT2D eigenvalue weighted by Crippen LogP contribution is -2.45. The minimum absolute atomic E-state index is 0.194. The molecule has 1 aromatic carbocycles. The summed E-state index contributed by atoms with van der Waals surface area (Å²) >= 11 is 6.25. The predicted octanol–water partition coefficient (Wildman–Crippen LogP) is 1.67. The van der Waals surface area contributed by atoms with E-state index in [1.807, 2.05) is 18.2 Å². The molecule has 0 unspecified atom stereocenters. The number of aliphatic hydroxyl groups is 1. The van der Waals surface area contributed by atoms with Crippen molar-refractivity contribution >= 4 is 11.6 Å². The van der Waals surface area contributed by atoms with Gasteiger partial charge in [-0.05, 0) is 18.1 Å². The van der Waals surface area contributed by atoms with Crippen LogP contribution >= 0.6 is 11.6 Å². The summed E-state index contributed by atoms with van der Waals surface area (Å²) in [6, 6.07) is 8.16. The van der Waals surface area contributed by atoms with Crippen LogP contribution in [0.4, 0.5) is 0 Å². The molecule has 94 valence electrons. The van der Waals surface area contributed by atoms with Gasteiger partial charge >= 0.3 is 0 Å². The van der Waals surface area contributed by atoms with E-state index in [0.717, 1.165) is 43.2 Å².